The van der Waals surface area contributed by atoms with Crippen LogP contribution in [0.1, 0.15) is 26.4 Å². The quantitative estimate of drug-likeness (QED) is 0.876. The first-order valence-corrected chi connectivity index (χ1v) is 8.22. The Bertz CT molecular complexity index is 729. The number of rotatable bonds is 4. The Morgan fingerprint density at radius 2 is 1.91 bits per heavy atom. The van der Waals surface area contributed by atoms with Gasteiger partial charge in [-0.2, -0.15) is 0 Å². The van der Waals surface area contributed by atoms with E-state index in [1.165, 1.54) is 29.6 Å². The normalized spacial score (nSPS) is 13.7. The molecule has 5 nitrogen and oxygen atoms in total. The molecular formula is C17H18N2O3S. The van der Waals surface area contributed by atoms with Crippen molar-refractivity contribution in [3.05, 3.63) is 51.2 Å². The fourth-order valence-corrected chi connectivity index (χ4v) is 3.66. The summed E-state index contributed by atoms with van der Waals surface area (Å²) >= 11 is 1.28. The minimum atomic E-state index is -0.424. The Balaban J connectivity index is 1.65. The monoisotopic (exact) mass is 330 g/mol. The van der Waals surface area contributed by atoms with Crippen LogP contribution in [0.15, 0.2) is 29.6 Å². The highest BCUT2D eigenvalue weighted by Crippen LogP contribution is 2.28. The number of carbonyl (C=O) groups is 2. The number of nitrogens with one attached hydrogen (secondary N) is 1. The van der Waals surface area contributed by atoms with Gasteiger partial charge in [0.05, 0.1) is 19.3 Å². The molecule has 0 saturated carbocycles. The zero-order valence-corrected chi connectivity index (χ0v) is 13.9. The van der Waals surface area contributed by atoms with E-state index in [0.717, 1.165) is 18.7 Å². The third-order valence-electron chi connectivity index (χ3n) is 3.88. The number of nitrogens with zero attached hydrogens (tertiary/aromatic N) is 1. The van der Waals surface area contributed by atoms with Crippen LogP contribution in [0.3, 0.4) is 0 Å². The van der Waals surface area contributed by atoms with Crippen molar-refractivity contribution in [1.29, 1.82) is 0 Å². The van der Waals surface area contributed by atoms with Gasteiger partial charge in [0.2, 0.25) is 5.91 Å². The molecule has 0 radical (unpaired) electrons. The number of hydrogen-bond donors (Lipinski definition) is 1. The third-order valence-corrected chi connectivity index (χ3v) is 4.96. The van der Waals surface area contributed by atoms with Gasteiger partial charge in [0.25, 0.3) is 0 Å². The number of carbonyl (C=O) groups excluding carboxylic acids is 2. The van der Waals surface area contributed by atoms with Crippen LogP contribution in [0.5, 0.6) is 0 Å². The van der Waals surface area contributed by atoms with Gasteiger partial charge in [-0.15, -0.1) is 11.3 Å². The number of benzene rings is 1. The van der Waals surface area contributed by atoms with Gasteiger partial charge < -0.3 is 10.1 Å². The summed E-state index contributed by atoms with van der Waals surface area (Å²) in [4.78, 5) is 26.6. The zero-order chi connectivity index (χ0) is 16.4. The molecule has 0 aliphatic carbocycles. The maximum Gasteiger partial charge on any atom is 0.350 e. The lowest BCUT2D eigenvalue weighted by atomic mass is 10.1. The van der Waals surface area contributed by atoms with E-state index in [4.69, 9.17) is 4.74 Å². The highest BCUT2D eigenvalue weighted by Gasteiger charge is 2.23. The molecule has 1 N–H and O–H groups in total. The van der Waals surface area contributed by atoms with Gasteiger partial charge in [-0.05, 0) is 29.0 Å². The zero-order valence-electron chi connectivity index (χ0n) is 13.1. The van der Waals surface area contributed by atoms with E-state index in [1.807, 2.05) is 24.4 Å². The summed E-state index contributed by atoms with van der Waals surface area (Å²) in [5, 5.41) is 4.70. The van der Waals surface area contributed by atoms with Crippen LogP contribution in [0, 0.1) is 6.92 Å². The van der Waals surface area contributed by atoms with Gasteiger partial charge >= 0.3 is 5.97 Å². The van der Waals surface area contributed by atoms with Crippen LogP contribution in [0.4, 0.5) is 5.69 Å². The molecule has 2 heterocycles. The van der Waals surface area contributed by atoms with Gasteiger partial charge in [0.15, 0.2) is 0 Å². The van der Waals surface area contributed by atoms with Crippen molar-refractivity contribution >= 4 is 28.9 Å². The third kappa shape index (κ3) is 3.28. The SMILES string of the molecule is COC(=O)c1scc(C)c1NC(=O)CN1Cc2ccccc2C1. The first kappa shape index (κ1) is 15.7. The number of anilines is 1. The molecule has 0 atom stereocenters. The van der Waals surface area contributed by atoms with Crippen LogP contribution < -0.4 is 5.32 Å². The minimum Gasteiger partial charge on any atom is -0.465 e. The van der Waals surface area contributed by atoms with Crippen molar-refractivity contribution in [2.75, 3.05) is 19.0 Å². The van der Waals surface area contributed by atoms with Crippen LogP contribution in [0.2, 0.25) is 0 Å². The molecule has 0 bridgehead atoms. The van der Waals surface area contributed by atoms with Crippen LogP contribution in [-0.2, 0) is 22.6 Å². The number of aryl methyl sites for hydroxylation is 1. The lowest BCUT2D eigenvalue weighted by Crippen LogP contribution is -2.29. The van der Waals surface area contributed by atoms with E-state index in [-0.39, 0.29) is 5.91 Å². The molecule has 0 saturated heterocycles. The number of methoxy groups -OCH3 is 1. The average molecular weight is 330 g/mol. The summed E-state index contributed by atoms with van der Waals surface area (Å²) in [7, 11) is 1.34. The van der Waals surface area contributed by atoms with Crippen molar-refractivity contribution in [1.82, 2.24) is 4.90 Å². The molecule has 23 heavy (non-hydrogen) atoms. The molecule has 0 unspecified atom stereocenters. The molecule has 6 heteroatoms. The standard InChI is InChI=1S/C17H18N2O3S/c1-11-10-23-16(17(21)22-2)15(11)18-14(20)9-19-7-12-5-3-4-6-13(12)8-19/h3-6,10H,7-9H2,1-2H3,(H,18,20). The molecule has 1 aliphatic rings. The number of hydrogen-bond acceptors (Lipinski definition) is 5. The van der Waals surface area contributed by atoms with Crippen LogP contribution in [-0.4, -0.2) is 30.4 Å². The molecule has 2 aromatic rings. The summed E-state index contributed by atoms with van der Waals surface area (Å²) in [6.45, 7) is 3.71. The maximum atomic E-state index is 12.3. The van der Waals surface area contributed by atoms with E-state index < -0.39 is 5.97 Å². The van der Waals surface area contributed by atoms with E-state index in [9.17, 15) is 9.59 Å². The van der Waals surface area contributed by atoms with E-state index in [1.54, 1.807) is 0 Å². The second-order valence-corrected chi connectivity index (χ2v) is 6.46. The molecule has 1 aromatic carbocycles. The Kier molecular flexibility index (Phi) is 4.45. The van der Waals surface area contributed by atoms with Crippen molar-refractivity contribution in [2.45, 2.75) is 20.0 Å². The molecule has 0 spiro atoms. The predicted molar refractivity (Wildman–Crippen MR) is 89.6 cm³/mol. The number of esters is 1. The lowest BCUT2D eigenvalue weighted by molar-refractivity contribution is -0.117. The van der Waals surface area contributed by atoms with Crippen molar-refractivity contribution in [3.8, 4) is 0 Å². The molecule has 3 rings (SSSR count). The molecule has 1 amide bonds. The molecule has 1 aromatic heterocycles. The van der Waals surface area contributed by atoms with Crippen molar-refractivity contribution < 1.29 is 14.3 Å². The average Bonchev–Trinajstić information content (AvgIpc) is 3.10. The number of fused-ring (bicyclic) bond motifs is 1. The second kappa shape index (κ2) is 6.52. The fraction of sp³-hybridized carbons (Fsp3) is 0.294. The molecule has 1 aliphatic heterocycles. The van der Waals surface area contributed by atoms with E-state index >= 15 is 0 Å². The summed E-state index contributed by atoms with van der Waals surface area (Å²) in [6.07, 6.45) is 0. The van der Waals surface area contributed by atoms with Crippen molar-refractivity contribution in [3.63, 3.8) is 0 Å². The highest BCUT2D eigenvalue weighted by atomic mass is 32.1. The number of ether oxygens (including phenoxy) is 1. The summed E-state index contributed by atoms with van der Waals surface area (Å²) in [5.74, 6) is -0.545. The summed E-state index contributed by atoms with van der Waals surface area (Å²) in [6, 6.07) is 8.21. The van der Waals surface area contributed by atoms with E-state index in [0.29, 0.717) is 17.1 Å². The lowest BCUT2D eigenvalue weighted by Gasteiger charge is -2.15. The summed E-state index contributed by atoms with van der Waals surface area (Å²) in [5.41, 5.74) is 3.96. The Hall–Kier alpha value is -2.18. The van der Waals surface area contributed by atoms with Crippen molar-refractivity contribution in [2.24, 2.45) is 0 Å². The second-order valence-electron chi connectivity index (χ2n) is 5.58. The van der Waals surface area contributed by atoms with Crippen LogP contribution in [0.25, 0.3) is 0 Å². The molecular weight excluding hydrogens is 312 g/mol. The fourth-order valence-electron chi connectivity index (χ4n) is 2.74. The Labute approximate surface area is 138 Å². The van der Waals surface area contributed by atoms with E-state index in [2.05, 4.69) is 22.3 Å². The first-order valence-electron chi connectivity index (χ1n) is 7.34. The van der Waals surface area contributed by atoms with Gasteiger partial charge in [-0.1, -0.05) is 24.3 Å². The largest absolute Gasteiger partial charge is 0.465 e. The molecule has 0 fully saturated rings. The van der Waals surface area contributed by atoms with Gasteiger partial charge in [-0.25, -0.2) is 4.79 Å². The highest BCUT2D eigenvalue weighted by molar-refractivity contribution is 7.12. The first-order chi connectivity index (χ1) is 11.1. The van der Waals surface area contributed by atoms with Crippen LogP contribution >= 0.6 is 11.3 Å². The minimum absolute atomic E-state index is 0.121. The predicted octanol–water partition coefficient (Wildman–Crippen LogP) is 2.80. The topological polar surface area (TPSA) is 58.6 Å². The van der Waals surface area contributed by atoms with Gasteiger partial charge in [0, 0.05) is 13.1 Å². The smallest absolute Gasteiger partial charge is 0.350 e. The Morgan fingerprint density at radius 3 is 2.52 bits per heavy atom. The molecule has 120 valence electrons. The van der Waals surface area contributed by atoms with Gasteiger partial charge in [-0.3, -0.25) is 9.69 Å². The number of thiophene rings is 1. The van der Waals surface area contributed by atoms with Gasteiger partial charge in [0.1, 0.15) is 4.88 Å². The number of amides is 1. The maximum absolute atomic E-state index is 12.3. The summed E-state index contributed by atoms with van der Waals surface area (Å²) < 4.78 is 4.76. The Morgan fingerprint density at radius 1 is 1.26 bits per heavy atom.